The number of halogens is 1. The Balaban J connectivity index is 1.85. The molecule has 0 bridgehead atoms. The second kappa shape index (κ2) is 7.26. The van der Waals surface area contributed by atoms with Crippen molar-refractivity contribution < 1.29 is 31.8 Å². The fraction of sp³-hybridized carbons (Fsp3) is 0.278. The lowest BCUT2D eigenvalue weighted by Gasteiger charge is -2.20. The van der Waals surface area contributed by atoms with Gasteiger partial charge in [-0.2, -0.15) is 0 Å². The van der Waals surface area contributed by atoms with Gasteiger partial charge in [-0.25, -0.2) is 22.7 Å². The average Bonchev–Trinajstić information content (AvgIpc) is 2.60. The van der Waals surface area contributed by atoms with Crippen molar-refractivity contribution in [3.05, 3.63) is 57.9 Å². The molecule has 1 heterocycles. The van der Waals surface area contributed by atoms with Crippen LogP contribution in [0.2, 0.25) is 0 Å². The molecule has 27 heavy (non-hydrogen) atoms. The number of hydrogen-bond acceptors (Lipinski definition) is 6. The van der Waals surface area contributed by atoms with Crippen LogP contribution in [0.1, 0.15) is 32.6 Å². The molecule has 3 rings (SSSR count). The molecule has 0 radical (unpaired) electrons. The number of carbonyl (C=O) groups excluding carboxylic acids is 1. The molecule has 0 saturated heterocycles. The predicted octanol–water partition coefficient (Wildman–Crippen LogP) is 2.31. The average molecular weight is 395 g/mol. The van der Waals surface area contributed by atoms with Crippen LogP contribution >= 0.6 is 0 Å². The Hall–Kier alpha value is -2.49. The molecule has 2 aromatic rings. The number of aryl methyl sites for hydroxylation is 1. The van der Waals surface area contributed by atoms with Crippen LogP contribution in [0, 0.1) is 19.7 Å². The van der Waals surface area contributed by atoms with E-state index in [1.807, 2.05) is 0 Å². The molecule has 0 atom stereocenters. The number of hydrogen-bond donors (Lipinski definition) is 1. The van der Waals surface area contributed by atoms with Crippen LogP contribution in [0.25, 0.3) is 0 Å². The number of rotatable bonds is 4. The highest BCUT2D eigenvalue weighted by Crippen LogP contribution is 2.30. The molecular weight excluding hydrogens is 377 g/mol. The SMILES string of the molecule is Cc1cc(C(=O)OCc2cc(F)cc3c2OCOC3)cc(S(N)(=O)=O)c1C. The summed E-state index contributed by atoms with van der Waals surface area (Å²) in [6.45, 7) is 3.24. The molecule has 0 aromatic heterocycles. The third-order valence-corrected chi connectivity index (χ3v) is 5.31. The molecule has 0 fully saturated rings. The number of ether oxygens (including phenoxy) is 3. The fourth-order valence-electron chi connectivity index (χ4n) is 2.83. The molecule has 0 unspecified atom stereocenters. The molecule has 144 valence electrons. The smallest absolute Gasteiger partial charge is 0.338 e. The van der Waals surface area contributed by atoms with Gasteiger partial charge in [0.2, 0.25) is 10.0 Å². The van der Waals surface area contributed by atoms with Crippen LogP contribution < -0.4 is 9.88 Å². The van der Waals surface area contributed by atoms with E-state index >= 15 is 0 Å². The lowest BCUT2D eigenvalue weighted by atomic mass is 10.1. The van der Waals surface area contributed by atoms with Crippen molar-refractivity contribution in [2.24, 2.45) is 5.14 Å². The van der Waals surface area contributed by atoms with Gasteiger partial charge in [0.05, 0.1) is 17.1 Å². The second-order valence-corrected chi connectivity index (χ2v) is 7.73. The maximum atomic E-state index is 13.8. The summed E-state index contributed by atoms with van der Waals surface area (Å²) in [7, 11) is -3.99. The molecule has 7 nitrogen and oxygen atoms in total. The van der Waals surface area contributed by atoms with Crippen molar-refractivity contribution in [1.29, 1.82) is 0 Å². The quantitative estimate of drug-likeness (QED) is 0.797. The Bertz CT molecular complexity index is 1020. The first-order chi connectivity index (χ1) is 12.7. The summed E-state index contributed by atoms with van der Waals surface area (Å²) in [6, 6.07) is 5.19. The predicted molar refractivity (Wildman–Crippen MR) is 93.1 cm³/mol. The highest BCUT2D eigenvalue weighted by Gasteiger charge is 2.21. The Morgan fingerprint density at radius 2 is 2.00 bits per heavy atom. The third kappa shape index (κ3) is 4.10. The second-order valence-electron chi connectivity index (χ2n) is 6.20. The van der Waals surface area contributed by atoms with E-state index in [2.05, 4.69) is 0 Å². The van der Waals surface area contributed by atoms with E-state index in [1.165, 1.54) is 24.3 Å². The van der Waals surface area contributed by atoms with E-state index in [1.54, 1.807) is 13.8 Å². The lowest BCUT2D eigenvalue weighted by molar-refractivity contribution is -0.0183. The van der Waals surface area contributed by atoms with Gasteiger partial charge in [-0.15, -0.1) is 0 Å². The Morgan fingerprint density at radius 1 is 1.26 bits per heavy atom. The Labute approximate surface area is 155 Å². The van der Waals surface area contributed by atoms with Gasteiger partial charge in [-0.05, 0) is 49.2 Å². The first-order valence-electron chi connectivity index (χ1n) is 8.00. The van der Waals surface area contributed by atoms with Gasteiger partial charge in [-0.3, -0.25) is 0 Å². The summed E-state index contributed by atoms with van der Waals surface area (Å²) in [5.74, 6) is -0.842. The number of carbonyl (C=O) groups is 1. The fourth-order valence-corrected chi connectivity index (χ4v) is 3.71. The lowest BCUT2D eigenvalue weighted by Crippen LogP contribution is -2.17. The summed E-state index contributed by atoms with van der Waals surface area (Å²) >= 11 is 0. The van der Waals surface area contributed by atoms with E-state index in [4.69, 9.17) is 19.3 Å². The maximum absolute atomic E-state index is 13.8. The van der Waals surface area contributed by atoms with Gasteiger partial charge in [0.25, 0.3) is 0 Å². The first-order valence-corrected chi connectivity index (χ1v) is 9.54. The number of nitrogens with two attached hydrogens (primary N) is 1. The molecule has 2 aromatic carbocycles. The monoisotopic (exact) mass is 395 g/mol. The van der Waals surface area contributed by atoms with Gasteiger partial charge in [-0.1, -0.05) is 0 Å². The van der Waals surface area contributed by atoms with Crippen LogP contribution in [0.15, 0.2) is 29.2 Å². The third-order valence-electron chi connectivity index (χ3n) is 4.27. The van der Waals surface area contributed by atoms with Crippen molar-refractivity contribution in [2.45, 2.75) is 32.0 Å². The molecule has 1 aliphatic rings. The van der Waals surface area contributed by atoms with Gasteiger partial charge in [0, 0.05) is 11.1 Å². The largest absolute Gasteiger partial charge is 0.467 e. The van der Waals surface area contributed by atoms with Gasteiger partial charge in [0.15, 0.2) is 6.79 Å². The normalized spacial score (nSPS) is 13.6. The molecule has 0 aliphatic carbocycles. The van der Waals surface area contributed by atoms with Crippen LogP contribution in [-0.2, 0) is 32.7 Å². The van der Waals surface area contributed by atoms with Crippen molar-refractivity contribution >= 4 is 16.0 Å². The molecule has 0 spiro atoms. The molecule has 2 N–H and O–H groups in total. The van der Waals surface area contributed by atoms with Crippen molar-refractivity contribution in [3.8, 4) is 5.75 Å². The Morgan fingerprint density at radius 3 is 2.70 bits per heavy atom. The van der Waals surface area contributed by atoms with E-state index in [0.29, 0.717) is 28.0 Å². The standard InChI is InChI=1S/C18H18FNO6S/c1-10-3-12(6-16(11(10)2)27(20,22)23)18(21)25-8-14-5-15(19)4-13-7-24-9-26-17(13)14/h3-6H,7-9H2,1-2H3,(H2,20,22,23). The van der Waals surface area contributed by atoms with Gasteiger partial charge in [0.1, 0.15) is 18.2 Å². The highest BCUT2D eigenvalue weighted by molar-refractivity contribution is 7.89. The number of esters is 1. The van der Waals surface area contributed by atoms with Crippen molar-refractivity contribution in [1.82, 2.24) is 0 Å². The minimum absolute atomic E-state index is 0.0223. The van der Waals surface area contributed by atoms with Crippen molar-refractivity contribution in [2.75, 3.05) is 6.79 Å². The zero-order chi connectivity index (χ0) is 19.8. The van der Waals surface area contributed by atoms with E-state index < -0.39 is 21.8 Å². The summed E-state index contributed by atoms with van der Waals surface area (Å²) in [5, 5.41) is 5.20. The summed E-state index contributed by atoms with van der Waals surface area (Å²) in [4.78, 5) is 12.3. The number of fused-ring (bicyclic) bond motifs is 1. The first kappa shape index (κ1) is 19.3. The highest BCUT2D eigenvalue weighted by atomic mass is 32.2. The zero-order valence-electron chi connectivity index (χ0n) is 14.7. The van der Waals surface area contributed by atoms with E-state index in [-0.39, 0.29) is 30.5 Å². The van der Waals surface area contributed by atoms with Crippen LogP contribution in [0.3, 0.4) is 0 Å². The van der Waals surface area contributed by atoms with Crippen LogP contribution in [0.4, 0.5) is 4.39 Å². The number of sulfonamides is 1. The molecule has 0 saturated carbocycles. The molecule has 9 heteroatoms. The minimum atomic E-state index is -3.99. The van der Waals surface area contributed by atoms with Crippen molar-refractivity contribution in [3.63, 3.8) is 0 Å². The summed E-state index contributed by atoms with van der Waals surface area (Å²) in [5.41, 5.74) is 1.96. The van der Waals surface area contributed by atoms with Gasteiger partial charge >= 0.3 is 5.97 Å². The number of benzene rings is 2. The molecule has 0 amide bonds. The van der Waals surface area contributed by atoms with E-state index in [0.717, 1.165) is 0 Å². The minimum Gasteiger partial charge on any atom is -0.467 e. The molecular formula is C18H18FNO6S. The van der Waals surface area contributed by atoms with Crippen LogP contribution in [0.5, 0.6) is 5.75 Å². The summed E-state index contributed by atoms with van der Waals surface area (Å²) in [6.07, 6.45) is 0. The molecule has 1 aliphatic heterocycles. The Kier molecular flexibility index (Phi) is 5.18. The van der Waals surface area contributed by atoms with Crippen LogP contribution in [-0.4, -0.2) is 21.2 Å². The van der Waals surface area contributed by atoms with Gasteiger partial charge < -0.3 is 14.2 Å². The maximum Gasteiger partial charge on any atom is 0.338 e. The van der Waals surface area contributed by atoms with E-state index in [9.17, 15) is 17.6 Å². The summed E-state index contributed by atoms with van der Waals surface area (Å²) < 4.78 is 52.9. The topological polar surface area (TPSA) is 105 Å². The number of primary sulfonamides is 1. The zero-order valence-corrected chi connectivity index (χ0v) is 15.6.